The van der Waals surface area contributed by atoms with E-state index in [1.54, 1.807) is 19.9 Å². The average Bonchev–Trinajstić information content (AvgIpc) is 3.06. The molecule has 0 N–H and O–H groups in total. The highest BCUT2D eigenvalue weighted by molar-refractivity contribution is 7.13. The Hall–Kier alpha value is -2.39. The van der Waals surface area contributed by atoms with Gasteiger partial charge in [-0.05, 0) is 55.7 Å². The van der Waals surface area contributed by atoms with E-state index >= 15 is 0 Å². The fourth-order valence-electron chi connectivity index (χ4n) is 2.63. The molecule has 1 atom stereocenters. The topological polar surface area (TPSA) is 48.4 Å². The molecule has 2 aromatic carbocycles. The Morgan fingerprint density at radius 1 is 1.28 bits per heavy atom. The summed E-state index contributed by atoms with van der Waals surface area (Å²) in [5.74, 6) is -2.71. The number of alkyl halides is 3. The number of hydrogen-bond acceptors (Lipinski definition) is 5. The van der Waals surface area contributed by atoms with Gasteiger partial charge < -0.3 is 9.47 Å². The number of carbonyl (C=O) groups excluding carboxylic acids is 1. The summed E-state index contributed by atoms with van der Waals surface area (Å²) in [6.45, 7) is 3.57. The van der Waals surface area contributed by atoms with Gasteiger partial charge in [-0.25, -0.2) is 4.39 Å². The molecule has 0 fully saturated rings. The Labute approximate surface area is 172 Å². The molecule has 4 nitrogen and oxygen atoms in total. The van der Waals surface area contributed by atoms with Gasteiger partial charge in [0.25, 0.3) is 0 Å². The van der Waals surface area contributed by atoms with Crippen LogP contribution in [-0.4, -0.2) is 16.9 Å². The molecule has 154 valence electrons. The summed E-state index contributed by atoms with van der Waals surface area (Å²) in [4.78, 5) is 12.0. The van der Waals surface area contributed by atoms with E-state index in [0.29, 0.717) is 23.2 Å². The molecule has 0 aliphatic rings. The summed E-state index contributed by atoms with van der Waals surface area (Å²) >= 11 is 6.97. The Morgan fingerprint density at radius 2 is 2.00 bits per heavy atom. The van der Waals surface area contributed by atoms with Crippen molar-refractivity contribution in [2.75, 3.05) is 6.61 Å². The zero-order chi connectivity index (χ0) is 21.3. The van der Waals surface area contributed by atoms with Crippen molar-refractivity contribution in [1.29, 1.82) is 0 Å². The van der Waals surface area contributed by atoms with E-state index in [9.17, 15) is 22.4 Å². The maximum absolute atomic E-state index is 14.2. The Bertz CT molecular complexity index is 1040. The quantitative estimate of drug-likeness (QED) is 0.328. The van der Waals surface area contributed by atoms with Gasteiger partial charge >= 0.3 is 12.1 Å². The second kappa shape index (κ2) is 8.16. The molecule has 29 heavy (non-hydrogen) atoms. The lowest BCUT2D eigenvalue weighted by atomic mass is 10.0. The number of esters is 1. The van der Waals surface area contributed by atoms with Crippen molar-refractivity contribution < 1.29 is 31.8 Å². The Morgan fingerprint density at radius 3 is 2.62 bits per heavy atom. The highest BCUT2D eigenvalue weighted by Gasteiger charge is 2.32. The number of fused-ring (bicyclic) bond motifs is 1. The third-order valence-corrected chi connectivity index (χ3v) is 5.19. The van der Waals surface area contributed by atoms with Crippen LogP contribution in [0.3, 0.4) is 0 Å². The van der Waals surface area contributed by atoms with Crippen molar-refractivity contribution in [1.82, 2.24) is 4.37 Å². The van der Waals surface area contributed by atoms with Gasteiger partial charge in [0.05, 0.1) is 33.5 Å². The highest BCUT2D eigenvalue weighted by Crippen LogP contribution is 2.40. The molecule has 0 saturated carbocycles. The molecule has 1 unspecified atom stereocenters. The second-order valence-corrected chi connectivity index (χ2v) is 7.28. The van der Waals surface area contributed by atoms with Crippen LogP contribution in [0.5, 0.6) is 11.5 Å². The van der Waals surface area contributed by atoms with E-state index in [4.69, 9.17) is 21.1 Å². The molecule has 0 amide bonds. The number of aromatic nitrogens is 1. The second-order valence-electron chi connectivity index (χ2n) is 6.07. The first-order valence-corrected chi connectivity index (χ1v) is 9.57. The van der Waals surface area contributed by atoms with Crippen molar-refractivity contribution in [2.24, 2.45) is 0 Å². The van der Waals surface area contributed by atoms with Crippen molar-refractivity contribution in [2.45, 2.75) is 25.9 Å². The lowest BCUT2D eigenvalue weighted by Gasteiger charge is -2.13. The number of rotatable bonds is 5. The molecule has 3 aromatic rings. The van der Waals surface area contributed by atoms with Crippen LogP contribution in [0.1, 0.15) is 31.0 Å². The van der Waals surface area contributed by atoms with E-state index in [-0.39, 0.29) is 12.4 Å². The van der Waals surface area contributed by atoms with Gasteiger partial charge in [-0.3, -0.25) is 4.79 Å². The molecule has 0 radical (unpaired) electrons. The monoisotopic (exact) mass is 447 g/mol. The first-order valence-electron chi connectivity index (χ1n) is 8.41. The largest absolute Gasteiger partial charge is 0.465 e. The van der Waals surface area contributed by atoms with Crippen molar-refractivity contribution in [3.63, 3.8) is 0 Å². The zero-order valence-corrected chi connectivity index (χ0v) is 16.7. The van der Waals surface area contributed by atoms with Crippen LogP contribution in [0.25, 0.3) is 10.1 Å². The van der Waals surface area contributed by atoms with Crippen molar-refractivity contribution in [3.8, 4) is 11.5 Å². The summed E-state index contributed by atoms with van der Waals surface area (Å²) in [5.41, 5.74) is -0.747. The highest BCUT2D eigenvalue weighted by atomic mass is 35.5. The minimum Gasteiger partial charge on any atom is -0.465 e. The van der Waals surface area contributed by atoms with Crippen LogP contribution in [0.2, 0.25) is 5.02 Å². The van der Waals surface area contributed by atoms with E-state index in [2.05, 4.69) is 4.37 Å². The van der Waals surface area contributed by atoms with Gasteiger partial charge in [-0.1, -0.05) is 11.6 Å². The van der Waals surface area contributed by atoms with Crippen molar-refractivity contribution in [3.05, 3.63) is 52.4 Å². The first kappa shape index (κ1) is 21.3. The predicted molar refractivity (Wildman–Crippen MR) is 101 cm³/mol. The smallest absolute Gasteiger partial charge is 0.416 e. The minimum absolute atomic E-state index is 0.135. The van der Waals surface area contributed by atoms with E-state index in [0.717, 1.165) is 4.70 Å². The summed E-state index contributed by atoms with van der Waals surface area (Å²) in [6, 6.07) is 5.60. The van der Waals surface area contributed by atoms with Gasteiger partial charge in [0.2, 0.25) is 0 Å². The zero-order valence-electron chi connectivity index (χ0n) is 15.1. The number of nitrogens with zero attached hydrogens (tertiary/aromatic N) is 1. The van der Waals surface area contributed by atoms with Crippen molar-refractivity contribution >= 4 is 39.2 Å². The molecular weight excluding hydrogens is 434 g/mol. The fourth-order valence-corrected chi connectivity index (χ4v) is 3.72. The van der Waals surface area contributed by atoms with Crippen LogP contribution in [0, 0.1) is 5.82 Å². The molecule has 0 aliphatic heterocycles. The molecule has 1 heterocycles. The SMILES string of the molecule is CCOC(=O)C(C)c1nsc2ccc(Oc3c(F)cc(C(F)(F)F)cc3Cl)cc12. The number of halogens is 5. The lowest BCUT2D eigenvalue weighted by molar-refractivity contribution is -0.144. The minimum atomic E-state index is -4.73. The van der Waals surface area contributed by atoms with E-state index in [1.165, 1.54) is 23.7 Å². The molecule has 0 saturated heterocycles. The van der Waals surface area contributed by atoms with Gasteiger partial charge in [0.15, 0.2) is 11.6 Å². The molecule has 1 aromatic heterocycles. The van der Waals surface area contributed by atoms with Crippen LogP contribution in [0.4, 0.5) is 17.6 Å². The number of hydrogen-bond donors (Lipinski definition) is 0. The molecule has 10 heteroatoms. The van der Waals surface area contributed by atoms with Crippen LogP contribution in [0.15, 0.2) is 30.3 Å². The Kier molecular flexibility index (Phi) is 6.00. The maximum Gasteiger partial charge on any atom is 0.416 e. The Balaban J connectivity index is 1.96. The van der Waals surface area contributed by atoms with Gasteiger partial charge in [0.1, 0.15) is 5.75 Å². The van der Waals surface area contributed by atoms with E-state index < -0.39 is 40.2 Å². The summed E-state index contributed by atoms with van der Waals surface area (Å²) < 4.78 is 68.0. The van der Waals surface area contributed by atoms with E-state index in [1.807, 2.05) is 0 Å². The van der Waals surface area contributed by atoms with Gasteiger partial charge in [0, 0.05) is 5.39 Å². The maximum atomic E-state index is 14.2. The lowest BCUT2D eigenvalue weighted by Crippen LogP contribution is -2.13. The third kappa shape index (κ3) is 4.45. The van der Waals surface area contributed by atoms with Crippen LogP contribution < -0.4 is 4.74 Å². The van der Waals surface area contributed by atoms with Crippen LogP contribution >= 0.6 is 23.1 Å². The number of benzene rings is 2. The number of carbonyl (C=O) groups is 1. The van der Waals surface area contributed by atoms with Gasteiger partial charge in [-0.2, -0.15) is 17.5 Å². The summed E-state index contributed by atoms with van der Waals surface area (Å²) in [5, 5.41) is 0.0810. The normalized spacial score (nSPS) is 12.8. The summed E-state index contributed by atoms with van der Waals surface area (Å²) in [7, 11) is 0. The van der Waals surface area contributed by atoms with Gasteiger partial charge in [-0.15, -0.1) is 0 Å². The number of ether oxygens (including phenoxy) is 2. The molecular formula is C19H14ClF4NO3S. The average molecular weight is 448 g/mol. The molecule has 3 rings (SSSR count). The third-order valence-electron chi connectivity index (χ3n) is 4.07. The fraction of sp³-hybridized carbons (Fsp3) is 0.263. The molecule has 0 aliphatic carbocycles. The molecule has 0 spiro atoms. The standard InChI is InChI=1S/C19H14ClF4NO3S/c1-3-27-18(26)9(2)16-12-8-11(4-5-15(12)29-25-16)28-17-13(20)6-10(7-14(17)21)19(22,23)24/h4-9H,3H2,1-2H3. The molecule has 0 bridgehead atoms. The first-order chi connectivity index (χ1) is 13.6. The predicted octanol–water partition coefficient (Wildman–Crippen LogP) is 6.57. The summed E-state index contributed by atoms with van der Waals surface area (Å²) in [6.07, 6.45) is -4.73. The van der Waals surface area contributed by atoms with Crippen LogP contribution in [-0.2, 0) is 15.7 Å².